The fraction of sp³-hybridized carbons (Fsp3) is 0.600. The van der Waals surface area contributed by atoms with Crippen LogP contribution in [0.5, 0.6) is 0 Å². The molecule has 0 aromatic carbocycles. The van der Waals surface area contributed by atoms with Crippen LogP contribution in [0.4, 0.5) is 0 Å². The summed E-state index contributed by atoms with van der Waals surface area (Å²) in [5.74, 6) is 0.957. The summed E-state index contributed by atoms with van der Waals surface area (Å²) < 4.78 is 5.14. The molecule has 0 aliphatic heterocycles. The van der Waals surface area contributed by atoms with Crippen LogP contribution in [0.2, 0.25) is 0 Å². The molecule has 1 rings (SSSR count). The van der Waals surface area contributed by atoms with Crippen LogP contribution in [-0.2, 0) is 4.74 Å². The fourth-order valence-electron chi connectivity index (χ4n) is 1.21. The summed E-state index contributed by atoms with van der Waals surface area (Å²) in [7, 11) is 1.72. The maximum absolute atomic E-state index is 5.14. The van der Waals surface area contributed by atoms with Gasteiger partial charge in [-0.2, -0.15) is 0 Å². The molecule has 1 N–H and O–H groups in total. The second kappa shape index (κ2) is 7.62. The molecule has 1 aromatic rings. The maximum atomic E-state index is 5.14. The first kappa shape index (κ1) is 12.4. The fourth-order valence-corrected chi connectivity index (χ4v) is 2.07. The van der Waals surface area contributed by atoms with Crippen molar-refractivity contribution in [2.75, 3.05) is 26.0 Å². The molecule has 1 atom stereocenters. The molecule has 0 saturated carbocycles. The molecule has 0 saturated heterocycles. The molecule has 15 heavy (non-hydrogen) atoms. The first-order valence-electron chi connectivity index (χ1n) is 4.98. The minimum atomic E-state index is 0.375. The minimum absolute atomic E-state index is 0.375. The molecule has 1 unspecified atom stereocenters. The lowest BCUT2D eigenvalue weighted by molar-refractivity contribution is 0.174. The highest BCUT2D eigenvalue weighted by Gasteiger charge is 2.07. The predicted molar refractivity (Wildman–Crippen MR) is 62.1 cm³/mol. The Morgan fingerprint density at radius 2 is 2.47 bits per heavy atom. The highest BCUT2D eigenvalue weighted by molar-refractivity contribution is 7.99. The van der Waals surface area contributed by atoms with Crippen molar-refractivity contribution in [3.05, 3.63) is 18.6 Å². The smallest absolute Gasteiger partial charge is 0.116 e. The SMILES string of the molecule is CCNC(COC)CSc1ccncn1. The zero-order chi connectivity index (χ0) is 10.9. The highest BCUT2D eigenvalue weighted by Crippen LogP contribution is 2.14. The van der Waals surface area contributed by atoms with Gasteiger partial charge in [0.25, 0.3) is 0 Å². The first-order valence-corrected chi connectivity index (χ1v) is 5.96. The van der Waals surface area contributed by atoms with E-state index in [9.17, 15) is 0 Å². The average molecular weight is 227 g/mol. The van der Waals surface area contributed by atoms with Crippen LogP contribution in [0.3, 0.4) is 0 Å². The van der Waals surface area contributed by atoms with Crippen molar-refractivity contribution in [1.82, 2.24) is 15.3 Å². The number of nitrogens with zero attached hydrogens (tertiary/aromatic N) is 2. The van der Waals surface area contributed by atoms with Gasteiger partial charge in [-0.15, -0.1) is 11.8 Å². The zero-order valence-electron chi connectivity index (χ0n) is 9.14. The third-order valence-electron chi connectivity index (χ3n) is 1.85. The Hall–Kier alpha value is -0.650. The molecule has 0 aliphatic rings. The lowest BCUT2D eigenvalue weighted by Gasteiger charge is -2.15. The van der Waals surface area contributed by atoms with Crippen molar-refractivity contribution < 1.29 is 4.74 Å². The second-order valence-electron chi connectivity index (χ2n) is 3.07. The topological polar surface area (TPSA) is 47.0 Å². The van der Waals surface area contributed by atoms with Gasteiger partial charge in [0.05, 0.1) is 11.6 Å². The first-order chi connectivity index (χ1) is 7.36. The number of aromatic nitrogens is 2. The zero-order valence-corrected chi connectivity index (χ0v) is 9.96. The van der Waals surface area contributed by atoms with Gasteiger partial charge in [-0.3, -0.25) is 0 Å². The molecule has 0 amide bonds. The number of thioether (sulfide) groups is 1. The van der Waals surface area contributed by atoms with Gasteiger partial charge in [-0.05, 0) is 12.6 Å². The number of methoxy groups -OCH3 is 1. The Morgan fingerprint density at radius 1 is 1.60 bits per heavy atom. The van der Waals surface area contributed by atoms with E-state index >= 15 is 0 Å². The van der Waals surface area contributed by atoms with Gasteiger partial charge in [0.1, 0.15) is 6.33 Å². The van der Waals surface area contributed by atoms with E-state index in [0.717, 1.165) is 23.9 Å². The van der Waals surface area contributed by atoms with Gasteiger partial charge < -0.3 is 10.1 Å². The van der Waals surface area contributed by atoms with Crippen molar-refractivity contribution in [2.24, 2.45) is 0 Å². The van der Waals surface area contributed by atoms with E-state index in [2.05, 4.69) is 22.2 Å². The van der Waals surface area contributed by atoms with Crippen LogP contribution < -0.4 is 5.32 Å². The molecule has 0 radical (unpaired) electrons. The van der Waals surface area contributed by atoms with E-state index in [4.69, 9.17) is 4.74 Å². The van der Waals surface area contributed by atoms with E-state index in [1.165, 1.54) is 0 Å². The molecule has 0 fully saturated rings. The van der Waals surface area contributed by atoms with E-state index < -0.39 is 0 Å². The molecule has 0 aliphatic carbocycles. The molecule has 5 heteroatoms. The van der Waals surface area contributed by atoms with E-state index in [-0.39, 0.29) is 0 Å². The predicted octanol–water partition coefficient (Wildman–Crippen LogP) is 1.19. The summed E-state index contributed by atoms with van der Waals surface area (Å²) in [4.78, 5) is 8.03. The number of hydrogen-bond acceptors (Lipinski definition) is 5. The van der Waals surface area contributed by atoms with Gasteiger partial charge in [0.2, 0.25) is 0 Å². The summed E-state index contributed by atoms with van der Waals surface area (Å²) in [6.07, 6.45) is 3.33. The third-order valence-corrected chi connectivity index (χ3v) is 2.95. The van der Waals surface area contributed by atoms with Crippen LogP contribution in [0, 0.1) is 0 Å². The Morgan fingerprint density at radius 3 is 3.07 bits per heavy atom. The molecule has 0 bridgehead atoms. The summed E-state index contributed by atoms with van der Waals surface area (Å²) in [6.45, 7) is 3.78. The van der Waals surface area contributed by atoms with Crippen molar-refractivity contribution in [3.8, 4) is 0 Å². The van der Waals surface area contributed by atoms with Gasteiger partial charge in [-0.25, -0.2) is 9.97 Å². The van der Waals surface area contributed by atoms with Crippen molar-refractivity contribution >= 4 is 11.8 Å². The van der Waals surface area contributed by atoms with E-state index in [0.29, 0.717) is 6.04 Å². The molecule has 0 spiro atoms. The summed E-state index contributed by atoms with van der Waals surface area (Å²) in [5, 5.41) is 4.37. The molecular formula is C10H17N3OS. The average Bonchev–Trinajstić information content (AvgIpc) is 2.28. The molecule has 84 valence electrons. The number of hydrogen-bond donors (Lipinski definition) is 1. The molecule has 1 heterocycles. The van der Waals surface area contributed by atoms with E-state index in [1.54, 1.807) is 31.4 Å². The van der Waals surface area contributed by atoms with Crippen LogP contribution in [0.25, 0.3) is 0 Å². The summed E-state index contributed by atoms with van der Waals surface area (Å²) in [5.41, 5.74) is 0. The standard InChI is InChI=1S/C10H17N3OS/c1-3-12-9(6-14-2)7-15-10-4-5-11-8-13-10/h4-5,8-9,12H,3,6-7H2,1-2H3. The van der Waals surface area contributed by atoms with E-state index in [1.807, 2.05) is 6.07 Å². The molecule has 1 aromatic heterocycles. The maximum Gasteiger partial charge on any atom is 0.116 e. The monoisotopic (exact) mass is 227 g/mol. The largest absolute Gasteiger partial charge is 0.383 e. The Balaban J connectivity index is 2.33. The lowest BCUT2D eigenvalue weighted by atomic mass is 10.3. The van der Waals surface area contributed by atoms with Crippen molar-refractivity contribution in [2.45, 2.75) is 18.0 Å². The molecular weight excluding hydrogens is 210 g/mol. The highest BCUT2D eigenvalue weighted by atomic mass is 32.2. The van der Waals surface area contributed by atoms with Crippen LogP contribution >= 0.6 is 11.8 Å². The van der Waals surface area contributed by atoms with Gasteiger partial charge >= 0.3 is 0 Å². The summed E-state index contributed by atoms with van der Waals surface area (Å²) >= 11 is 1.71. The Kier molecular flexibility index (Phi) is 6.31. The number of rotatable bonds is 7. The quantitative estimate of drug-likeness (QED) is 0.560. The summed E-state index contributed by atoms with van der Waals surface area (Å²) in [6, 6.07) is 2.29. The Bertz CT molecular complexity index is 252. The third kappa shape index (κ3) is 5.11. The van der Waals surface area contributed by atoms with Crippen LogP contribution in [0.1, 0.15) is 6.92 Å². The Labute approximate surface area is 94.8 Å². The van der Waals surface area contributed by atoms with Crippen molar-refractivity contribution in [3.63, 3.8) is 0 Å². The lowest BCUT2D eigenvalue weighted by Crippen LogP contribution is -2.35. The molecule has 4 nitrogen and oxygen atoms in total. The minimum Gasteiger partial charge on any atom is -0.383 e. The van der Waals surface area contributed by atoms with Gasteiger partial charge in [0, 0.05) is 25.1 Å². The van der Waals surface area contributed by atoms with Gasteiger partial charge in [-0.1, -0.05) is 6.92 Å². The van der Waals surface area contributed by atoms with Gasteiger partial charge in [0.15, 0.2) is 0 Å². The second-order valence-corrected chi connectivity index (χ2v) is 4.11. The number of nitrogens with one attached hydrogen (secondary N) is 1. The van der Waals surface area contributed by atoms with Crippen molar-refractivity contribution in [1.29, 1.82) is 0 Å². The number of ether oxygens (including phenoxy) is 1. The normalized spacial score (nSPS) is 12.7. The van der Waals surface area contributed by atoms with Crippen LogP contribution in [-0.4, -0.2) is 42.0 Å². The van der Waals surface area contributed by atoms with Crippen LogP contribution in [0.15, 0.2) is 23.6 Å². The number of likely N-dealkylation sites (N-methyl/N-ethyl adjacent to an activating group) is 1.